The van der Waals surface area contributed by atoms with E-state index in [2.05, 4.69) is 5.32 Å². The van der Waals surface area contributed by atoms with Crippen molar-refractivity contribution in [1.82, 2.24) is 10.2 Å². The third-order valence-corrected chi connectivity index (χ3v) is 4.66. The molecule has 2 atom stereocenters. The molecule has 2 unspecified atom stereocenters. The second-order valence-corrected chi connectivity index (χ2v) is 6.46. The largest absolute Gasteiger partial charge is 0.356 e. The van der Waals surface area contributed by atoms with Crippen LogP contribution in [0.3, 0.4) is 0 Å². The highest BCUT2D eigenvalue weighted by atomic mass is 35.5. The fourth-order valence-electron chi connectivity index (χ4n) is 3.37. The molecule has 0 spiro atoms. The molecule has 1 heterocycles. The van der Waals surface area contributed by atoms with Gasteiger partial charge in [-0.15, -0.1) is 12.4 Å². The summed E-state index contributed by atoms with van der Waals surface area (Å²) in [6.07, 6.45) is 8.69. The van der Waals surface area contributed by atoms with Crippen LogP contribution in [0.2, 0.25) is 0 Å². The number of amides is 2. The van der Waals surface area contributed by atoms with E-state index in [1.54, 1.807) is 0 Å². The molecule has 6 heteroatoms. The van der Waals surface area contributed by atoms with Gasteiger partial charge in [0.25, 0.3) is 0 Å². The first kappa shape index (κ1) is 19.2. The summed E-state index contributed by atoms with van der Waals surface area (Å²) in [7, 11) is 0. The lowest BCUT2D eigenvalue weighted by Gasteiger charge is -2.26. The monoisotopic (exact) mass is 331 g/mol. The molecule has 1 aliphatic heterocycles. The molecule has 3 N–H and O–H groups in total. The van der Waals surface area contributed by atoms with E-state index < -0.39 is 0 Å². The van der Waals surface area contributed by atoms with E-state index in [1.807, 2.05) is 4.90 Å². The molecule has 1 saturated carbocycles. The fourth-order valence-corrected chi connectivity index (χ4v) is 3.37. The molecule has 0 aromatic rings. The molecule has 128 valence electrons. The molecule has 0 radical (unpaired) electrons. The summed E-state index contributed by atoms with van der Waals surface area (Å²) in [4.78, 5) is 25.9. The summed E-state index contributed by atoms with van der Waals surface area (Å²) in [6.45, 7) is 2.31. The van der Waals surface area contributed by atoms with Gasteiger partial charge >= 0.3 is 0 Å². The summed E-state index contributed by atoms with van der Waals surface area (Å²) in [5.41, 5.74) is 5.92. The van der Waals surface area contributed by atoms with Crippen LogP contribution in [0.4, 0.5) is 0 Å². The van der Waals surface area contributed by atoms with E-state index in [4.69, 9.17) is 5.73 Å². The second-order valence-electron chi connectivity index (χ2n) is 6.46. The number of carbonyl (C=O) groups excluding carboxylic acids is 2. The highest BCUT2D eigenvalue weighted by Crippen LogP contribution is 2.23. The molecule has 5 nitrogen and oxygen atoms in total. The van der Waals surface area contributed by atoms with Crippen molar-refractivity contribution < 1.29 is 9.59 Å². The summed E-state index contributed by atoms with van der Waals surface area (Å²) in [5.74, 6) is 0.512. The van der Waals surface area contributed by atoms with Crippen molar-refractivity contribution in [2.75, 3.05) is 19.6 Å². The van der Waals surface area contributed by atoms with Gasteiger partial charge in [-0.1, -0.05) is 12.8 Å². The maximum absolute atomic E-state index is 12.1. The minimum Gasteiger partial charge on any atom is -0.356 e. The number of rotatable bonds is 5. The molecule has 2 amide bonds. The van der Waals surface area contributed by atoms with Crippen molar-refractivity contribution in [3.05, 3.63) is 0 Å². The SMILES string of the molecule is Cl.NC1CCCC(C(=O)NCCCN2CCCCCC2=O)C1. The van der Waals surface area contributed by atoms with Gasteiger partial charge in [0.1, 0.15) is 0 Å². The Kier molecular flexibility index (Phi) is 8.79. The molecule has 2 aliphatic rings. The molecule has 1 saturated heterocycles. The Hall–Kier alpha value is -0.810. The van der Waals surface area contributed by atoms with Crippen LogP contribution in [0.15, 0.2) is 0 Å². The molecule has 0 aromatic heterocycles. The van der Waals surface area contributed by atoms with Gasteiger partial charge in [-0.2, -0.15) is 0 Å². The van der Waals surface area contributed by atoms with Crippen molar-refractivity contribution in [2.45, 2.75) is 63.8 Å². The van der Waals surface area contributed by atoms with Crippen molar-refractivity contribution >= 4 is 24.2 Å². The maximum atomic E-state index is 12.1. The topological polar surface area (TPSA) is 75.4 Å². The maximum Gasteiger partial charge on any atom is 0.223 e. The Morgan fingerprint density at radius 3 is 2.82 bits per heavy atom. The molecule has 0 aromatic carbocycles. The van der Waals surface area contributed by atoms with Crippen LogP contribution in [-0.2, 0) is 9.59 Å². The number of hydrogen-bond donors (Lipinski definition) is 2. The lowest BCUT2D eigenvalue weighted by molar-refractivity contribution is -0.130. The Morgan fingerprint density at radius 2 is 2.05 bits per heavy atom. The Bertz CT molecular complexity index is 365. The number of nitrogens with one attached hydrogen (secondary N) is 1. The number of nitrogens with zero attached hydrogens (tertiary/aromatic N) is 1. The molecule has 2 rings (SSSR count). The predicted molar refractivity (Wildman–Crippen MR) is 89.9 cm³/mol. The quantitative estimate of drug-likeness (QED) is 0.755. The predicted octanol–water partition coefficient (Wildman–Crippen LogP) is 1.83. The van der Waals surface area contributed by atoms with Crippen LogP contribution >= 0.6 is 12.4 Å². The number of halogens is 1. The first-order valence-corrected chi connectivity index (χ1v) is 8.48. The van der Waals surface area contributed by atoms with E-state index in [-0.39, 0.29) is 36.2 Å². The minimum absolute atomic E-state index is 0. The summed E-state index contributed by atoms with van der Waals surface area (Å²) >= 11 is 0. The zero-order chi connectivity index (χ0) is 15.1. The van der Waals surface area contributed by atoms with Gasteiger partial charge in [0.2, 0.25) is 11.8 Å². The smallest absolute Gasteiger partial charge is 0.223 e. The fraction of sp³-hybridized carbons (Fsp3) is 0.875. The van der Waals surface area contributed by atoms with Gasteiger partial charge in [0.15, 0.2) is 0 Å². The van der Waals surface area contributed by atoms with Crippen molar-refractivity contribution in [3.8, 4) is 0 Å². The van der Waals surface area contributed by atoms with Crippen LogP contribution < -0.4 is 11.1 Å². The van der Waals surface area contributed by atoms with Crippen LogP contribution in [0.5, 0.6) is 0 Å². The van der Waals surface area contributed by atoms with Crippen molar-refractivity contribution in [1.29, 1.82) is 0 Å². The zero-order valence-corrected chi connectivity index (χ0v) is 14.2. The molecule has 0 bridgehead atoms. The van der Waals surface area contributed by atoms with Gasteiger partial charge in [-0.3, -0.25) is 9.59 Å². The van der Waals surface area contributed by atoms with Crippen LogP contribution in [0.1, 0.15) is 57.8 Å². The number of nitrogens with two attached hydrogens (primary N) is 1. The van der Waals surface area contributed by atoms with E-state index >= 15 is 0 Å². The third kappa shape index (κ3) is 6.13. The Morgan fingerprint density at radius 1 is 1.23 bits per heavy atom. The molecular weight excluding hydrogens is 302 g/mol. The molecule has 1 aliphatic carbocycles. The van der Waals surface area contributed by atoms with Gasteiger partial charge in [-0.25, -0.2) is 0 Å². The van der Waals surface area contributed by atoms with Crippen LogP contribution in [-0.4, -0.2) is 42.4 Å². The number of likely N-dealkylation sites (tertiary alicyclic amines) is 1. The average molecular weight is 332 g/mol. The summed E-state index contributed by atoms with van der Waals surface area (Å²) in [5, 5.41) is 3.01. The van der Waals surface area contributed by atoms with Crippen molar-refractivity contribution in [3.63, 3.8) is 0 Å². The number of hydrogen-bond acceptors (Lipinski definition) is 3. The lowest BCUT2D eigenvalue weighted by Crippen LogP contribution is -2.39. The van der Waals surface area contributed by atoms with Crippen LogP contribution in [0.25, 0.3) is 0 Å². The van der Waals surface area contributed by atoms with E-state index in [9.17, 15) is 9.59 Å². The normalized spacial score (nSPS) is 26.0. The molecular formula is C16H30ClN3O2. The second kappa shape index (κ2) is 10.1. The van der Waals surface area contributed by atoms with Crippen molar-refractivity contribution in [2.24, 2.45) is 11.7 Å². The third-order valence-electron chi connectivity index (χ3n) is 4.66. The van der Waals surface area contributed by atoms with Gasteiger partial charge < -0.3 is 16.0 Å². The van der Waals surface area contributed by atoms with Gasteiger partial charge in [0.05, 0.1) is 0 Å². The summed E-state index contributed by atoms with van der Waals surface area (Å²) in [6, 6.07) is 0.184. The standard InChI is InChI=1S/C16H29N3O2.ClH/c17-14-7-4-6-13(12-14)16(21)18-9-5-11-19-10-3-1-2-8-15(19)20;/h13-14H,1-12,17H2,(H,18,21);1H. The molecule has 2 fully saturated rings. The molecule has 22 heavy (non-hydrogen) atoms. The van der Waals surface area contributed by atoms with Crippen LogP contribution in [0, 0.1) is 5.92 Å². The Labute approximate surface area is 139 Å². The highest BCUT2D eigenvalue weighted by molar-refractivity contribution is 5.85. The zero-order valence-electron chi connectivity index (χ0n) is 13.4. The van der Waals surface area contributed by atoms with Gasteiger partial charge in [-0.05, 0) is 38.5 Å². The number of carbonyl (C=O) groups is 2. The summed E-state index contributed by atoms with van der Waals surface area (Å²) < 4.78 is 0. The highest BCUT2D eigenvalue weighted by Gasteiger charge is 2.25. The van der Waals surface area contributed by atoms with Gasteiger partial charge in [0, 0.05) is 38.0 Å². The lowest BCUT2D eigenvalue weighted by atomic mass is 9.85. The average Bonchev–Trinajstić information content (AvgIpc) is 2.68. The first-order chi connectivity index (χ1) is 10.2. The first-order valence-electron chi connectivity index (χ1n) is 8.48. The van der Waals surface area contributed by atoms with E-state index in [1.165, 1.54) is 0 Å². The minimum atomic E-state index is 0. The Balaban J connectivity index is 0.00000242. The van der Waals surface area contributed by atoms with E-state index in [0.717, 1.165) is 64.5 Å². The van der Waals surface area contributed by atoms with E-state index in [0.29, 0.717) is 13.0 Å².